The van der Waals surface area contributed by atoms with Crippen molar-refractivity contribution in [1.82, 2.24) is 9.97 Å². The lowest BCUT2D eigenvalue weighted by Crippen LogP contribution is -1.93. The number of nitrogens with one attached hydrogen (secondary N) is 1. The first-order valence-electron chi connectivity index (χ1n) is 5.97. The normalized spacial score (nSPS) is 10.9. The van der Waals surface area contributed by atoms with Crippen LogP contribution < -0.4 is 5.43 Å². The van der Waals surface area contributed by atoms with Crippen LogP contribution in [-0.4, -0.2) is 16.2 Å². The molecule has 0 aliphatic heterocycles. The first-order valence-corrected chi connectivity index (χ1v) is 5.97. The van der Waals surface area contributed by atoms with Crippen molar-refractivity contribution in [3.63, 3.8) is 0 Å². The molecule has 0 fully saturated rings. The summed E-state index contributed by atoms with van der Waals surface area (Å²) in [6.07, 6.45) is 5.19. The predicted octanol–water partition coefficient (Wildman–Crippen LogP) is 3.08. The quantitative estimate of drug-likeness (QED) is 0.572. The Balaban J connectivity index is 1.84. The number of hydrazone groups is 1. The average molecular weight is 248 g/mol. The molecule has 3 rings (SSSR count). The van der Waals surface area contributed by atoms with Crippen molar-refractivity contribution in [2.24, 2.45) is 5.10 Å². The Morgan fingerprint density at radius 3 is 2.68 bits per heavy atom. The molecule has 1 N–H and O–H groups in total. The largest absolute Gasteiger partial charge is 0.276 e. The number of fused-ring (bicyclic) bond motifs is 1. The van der Waals surface area contributed by atoms with Crippen LogP contribution in [0.25, 0.3) is 10.9 Å². The highest BCUT2D eigenvalue weighted by Gasteiger charge is 1.99. The zero-order valence-electron chi connectivity index (χ0n) is 10.2. The van der Waals surface area contributed by atoms with E-state index >= 15 is 0 Å². The van der Waals surface area contributed by atoms with E-state index in [2.05, 4.69) is 20.5 Å². The molecule has 0 aliphatic rings. The van der Waals surface area contributed by atoms with Crippen molar-refractivity contribution >= 4 is 22.8 Å². The minimum Gasteiger partial charge on any atom is -0.276 e. The van der Waals surface area contributed by atoms with Crippen LogP contribution in [0.3, 0.4) is 0 Å². The van der Waals surface area contributed by atoms with Gasteiger partial charge in [-0.1, -0.05) is 24.3 Å². The third-order valence-corrected chi connectivity index (χ3v) is 2.70. The number of hydrogen-bond acceptors (Lipinski definition) is 4. The van der Waals surface area contributed by atoms with Crippen molar-refractivity contribution in [2.45, 2.75) is 0 Å². The van der Waals surface area contributed by atoms with E-state index in [1.165, 1.54) is 0 Å². The van der Waals surface area contributed by atoms with Gasteiger partial charge in [0.25, 0.3) is 0 Å². The molecule has 19 heavy (non-hydrogen) atoms. The summed E-state index contributed by atoms with van der Waals surface area (Å²) in [6.45, 7) is 0. The lowest BCUT2D eigenvalue weighted by atomic mass is 10.2. The predicted molar refractivity (Wildman–Crippen MR) is 77.2 cm³/mol. The lowest BCUT2D eigenvalue weighted by Gasteiger charge is -2.03. The lowest BCUT2D eigenvalue weighted by molar-refractivity contribution is 1.28. The van der Waals surface area contributed by atoms with E-state index in [1.807, 2.05) is 48.5 Å². The summed E-state index contributed by atoms with van der Waals surface area (Å²) in [6, 6.07) is 15.6. The third kappa shape index (κ3) is 2.57. The number of para-hydroxylation sites is 1. The van der Waals surface area contributed by atoms with E-state index in [9.17, 15) is 0 Å². The second-order valence-corrected chi connectivity index (χ2v) is 4.01. The van der Waals surface area contributed by atoms with Crippen LogP contribution >= 0.6 is 0 Å². The summed E-state index contributed by atoms with van der Waals surface area (Å²) in [5.41, 5.74) is 5.60. The minimum atomic E-state index is 0.809. The van der Waals surface area contributed by atoms with Gasteiger partial charge < -0.3 is 0 Å². The number of hydrogen-bond donors (Lipinski definition) is 1. The molecule has 0 atom stereocenters. The molecule has 1 aromatic carbocycles. The van der Waals surface area contributed by atoms with Gasteiger partial charge in [-0.25, -0.2) is 0 Å². The second-order valence-electron chi connectivity index (χ2n) is 4.01. The smallest absolute Gasteiger partial charge is 0.0951 e. The van der Waals surface area contributed by atoms with Crippen LogP contribution in [0.15, 0.2) is 66.0 Å². The maximum Gasteiger partial charge on any atom is 0.0951 e. The first-order chi connectivity index (χ1) is 9.43. The van der Waals surface area contributed by atoms with Gasteiger partial charge in [-0.15, -0.1) is 0 Å². The van der Waals surface area contributed by atoms with Gasteiger partial charge in [-0.2, -0.15) is 5.10 Å². The van der Waals surface area contributed by atoms with Crippen molar-refractivity contribution < 1.29 is 0 Å². The molecule has 92 valence electrons. The second kappa shape index (κ2) is 5.27. The molecule has 0 spiro atoms. The number of pyridine rings is 2. The van der Waals surface area contributed by atoms with E-state index in [0.29, 0.717) is 0 Å². The van der Waals surface area contributed by atoms with Crippen molar-refractivity contribution in [1.29, 1.82) is 0 Å². The summed E-state index contributed by atoms with van der Waals surface area (Å²) in [7, 11) is 0. The van der Waals surface area contributed by atoms with Crippen LogP contribution in [-0.2, 0) is 0 Å². The Kier molecular flexibility index (Phi) is 3.14. The first kappa shape index (κ1) is 11.3. The van der Waals surface area contributed by atoms with E-state index in [-0.39, 0.29) is 0 Å². The molecule has 2 heterocycles. The van der Waals surface area contributed by atoms with E-state index in [0.717, 1.165) is 22.3 Å². The van der Waals surface area contributed by atoms with Crippen LogP contribution in [0.5, 0.6) is 0 Å². The highest BCUT2D eigenvalue weighted by atomic mass is 15.3. The average Bonchev–Trinajstić information content (AvgIpc) is 2.49. The zero-order chi connectivity index (χ0) is 12.9. The summed E-state index contributed by atoms with van der Waals surface area (Å²) in [4.78, 5) is 8.52. The van der Waals surface area contributed by atoms with Crippen molar-refractivity contribution in [2.75, 3.05) is 5.43 Å². The van der Waals surface area contributed by atoms with Gasteiger partial charge in [0.15, 0.2) is 0 Å². The highest BCUT2D eigenvalue weighted by molar-refractivity contribution is 5.90. The van der Waals surface area contributed by atoms with Crippen molar-refractivity contribution in [3.8, 4) is 0 Å². The molecule has 4 heteroatoms. The summed E-state index contributed by atoms with van der Waals surface area (Å²) < 4.78 is 0. The van der Waals surface area contributed by atoms with Gasteiger partial charge in [0.2, 0.25) is 0 Å². The fourth-order valence-corrected chi connectivity index (χ4v) is 1.81. The number of rotatable bonds is 3. The number of aromatic nitrogens is 2. The molecule has 0 radical (unpaired) electrons. The van der Waals surface area contributed by atoms with Gasteiger partial charge in [0.05, 0.1) is 23.1 Å². The Morgan fingerprint density at radius 2 is 1.79 bits per heavy atom. The van der Waals surface area contributed by atoms with Crippen LogP contribution in [0.4, 0.5) is 5.69 Å². The van der Waals surface area contributed by atoms with E-state index in [1.54, 1.807) is 18.6 Å². The molecule has 0 unspecified atom stereocenters. The molecule has 4 nitrogen and oxygen atoms in total. The molecule has 0 amide bonds. The van der Waals surface area contributed by atoms with Crippen LogP contribution in [0.1, 0.15) is 5.69 Å². The highest BCUT2D eigenvalue weighted by Crippen LogP contribution is 2.20. The van der Waals surface area contributed by atoms with Gasteiger partial charge in [-0.3, -0.25) is 15.4 Å². The Hall–Kier alpha value is -2.75. The SMILES string of the molecule is C(=NNc1cccc2cccnc12)c1ccccn1. The topological polar surface area (TPSA) is 50.2 Å². The Labute approximate surface area is 110 Å². The summed E-state index contributed by atoms with van der Waals surface area (Å²) >= 11 is 0. The molecule has 0 aliphatic carbocycles. The maximum atomic E-state index is 4.35. The molecule has 2 aromatic heterocycles. The summed E-state index contributed by atoms with van der Waals surface area (Å²) in [5.74, 6) is 0. The fourth-order valence-electron chi connectivity index (χ4n) is 1.81. The molecule has 0 saturated heterocycles. The number of nitrogens with zero attached hydrogens (tertiary/aromatic N) is 3. The van der Waals surface area contributed by atoms with E-state index < -0.39 is 0 Å². The Morgan fingerprint density at radius 1 is 0.895 bits per heavy atom. The fraction of sp³-hybridized carbons (Fsp3) is 0. The van der Waals surface area contributed by atoms with Gasteiger partial charge >= 0.3 is 0 Å². The third-order valence-electron chi connectivity index (χ3n) is 2.70. The molecule has 3 aromatic rings. The van der Waals surface area contributed by atoms with Crippen LogP contribution in [0, 0.1) is 0 Å². The molecular weight excluding hydrogens is 236 g/mol. The van der Waals surface area contributed by atoms with Gasteiger partial charge in [0, 0.05) is 17.8 Å². The standard InChI is InChI=1S/C15H12N4/c1-2-9-16-13(7-1)11-18-19-14-8-3-5-12-6-4-10-17-15(12)14/h1-11,19H. The van der Waals surface area contributed by atoms with Gasteiger partial charge in [0.1, 0.15) is 0 Å². The van der Waals surface area contributed by atoms with Crippen LogP contribution in [0.2, 0.25) is 0 Å². The number of benzene rings is 1. The zero-order valence-corrected chi connectivity index (χ0v) is 10.2. The Bertz CT molecular complexity index is 702. The maximum absolute atomic E-state index is 4.35. The monoisotopic (exact) mass is 248 g/mol. The van der Waals surface area contributed by atoms with Gasteiger partial charge in [-0.05, 0) is 24.3 Å². The minimum absolute atomic E-state index is 0.809. The number of anilines is 1. The molecular formula is C15H12N4. The van der Waals surface area contributed by atoms with Crippen molar-refractivity contribution in [3.05, 3.63) is 66.6 Å². The molecule has 0 saturated carbocycles. The summed E-state index contributed by atoms with van der Waals surface area (Å²) in [5, 5.41) is 5.27. The molecule has 0 bridgehead atoms. The van der Waals surface area contributed by atoms with E-state index in [4.69, 9.17) is 0 Å².